The van der Waals surface area contributed by atoms with Gasteiger partial charge in [0.05, 0.1) is 36.6 Å². The third-order valence-electron chi connectivity index (χ3n) is 6.23. The second kappa shape index (κ2) is 6.16. The summed E-state index contributed by atoms with van der Waals surface area (Å²) < 4.78 is 50.5. The van der Waals surface area contributed by atoms with Crippen molar-refractivity contribution in [3.05, 3.63) is 47.9 Å². The maximum Gasteiger partial charge on any atom is 0.433 e. The lowest BCUT2D eigenvalue weighted by Gasteiger charge is -2.46. The van der Waals surface area contributed by atoms with E-state index in [1.54, 1.807) is 18.2 Å². The number of carbonyl (C=O) groups excluding carboxylic acids is 1. The number of hydrogen-bond donors (Lipinski definition) is 1. The molecule has 6 nitrogen and oxygen atoms in total. The minimum atomic E-state index is -4.54. The van der Waals surface area contributed by atoms with E-state index in [0.717, 1.165) is 18.9 Å². The van der Waals surface area contributed by atoms with Crippen LogP contribution in [0, 0.1) is 11.8 Å². The maximum atomic E-state index is 13.2. The molecule has 3 bridgehead atoms. The molecule has 4 fully saturated rings. The van der Waals surface area contributed by atoms with Gasteiger partial charge in [0.15, 0.2) is 0 Å². The molecule has 1 saturated carbocycles. The van der Waals surface area contributed by atoms with E-state index >= 15 is 0 Å². The predicted molar refractivity (Wildman–Crippen MR) is 95.2 cm³/mol. The number of amides is 1. The first-order valence-corrected chi connectivity index (χ1v) is 9.34. The van der Waals surface area contributed by atoms with Crippen LogP contribution in [-0.2, 0) is 15.7 Å². The molecule has 6 rings (SSSR count). The summed E-state index contributed by atoms with van der Waals surface area (Å²) in [5, 5.41) is 2.83. The van der Waals surface area contributed by atoms with Gasteiger partial charge >= 0.3 is 6.18 Å². The van der Waals surface area contributed by atoms with Crippen LogP contribution in [0.1, 0.15) is 30.1 Å². The van der Waals surface area contributed by atoms with Gasteiger partial charge in [-0.15, -0.1) is 0 Å². The highest BCUT2D eigenvalue weighted by atomic mass is 19.4. The van der Waals surface area contributed by atoms with Crippen LogP contribution in [0.15, 0.2) is 36.5 Å². The van der Waals surface area contributed by atoms with Gasteiger partial charge in [-0.25, -0.2) is 9.97 Å². The lowest BCUT2D eigenvalue weighted by Crippen LogP contribution is -2.54. The van der Waals surface area contributed by atoms with Gasteiger partial charge in [0.2, 0.25) is 11.8 Å². The SMILES string of the molecule is COc1ccc(NC(=O)[C@@H]2[C@@H](c3cccc(C(F)(F)F)n3)[C@H]3OC24CC3C4)cn1. The minimum Gasteiger partial charge on any atom is -0.481 e. The van der Waals surface area contributed by atoms with Crippen molar-refractivity contribution in [1.29, 1.82) is 0 Å². The van der Waals surface area contributed by atoms with E-state index in [-0.39, 0.29) is 23.6 Å². The van der Waals surface area contributed by atoms with E-state index in [1.807, 2.05) is 0 Å². The van der Waals surface area contributed by atoms with Gasteiger partial charge < -0.3 is 14.8 Å². The summed E-state index contributed by atoms with van der Waals surface area (Å²) >= 11 is 0. The fourth-order valence-corrected chi connectivity index (χ4v) is 5.07. The Kier molecular flexibility index (Phi) is 3.90. The van der Waals surface area contributed by atoms with Crippen LogP contribution in [0.3, 0.4) is 0 Å². The monoisotopic (exact) mass is 405 g/mol. The molecule has 5 heterocycles. The molecule has 29 heavy (non-hydrogen) atoms. The maximum absolute atomic E-state index is 13.2. The molecule has 9 heteroatoms. The first kappa shape index (κ1) is 18.4. The number of ether oxygens (including phenoxy) is 2. The molecule has 0 aromatic carbocycles. The van der Waals surface area contributed by atoms with Gasteiger partial charge in [-0.05, 0) is 37.0 Å². The molecule has 0 unspecified atom stereocenters. The summed E-state index contributed by atoms with van der Waals surface area (Å²) in [5.74, 6) is -0.714. The lowest BCUT2D eigenvalue weighted by molar-refractivity contribution is -0.141. The first-order valence-electron chi connectivity index (χ1n) is 9.34. The first-order chi connectivity index (χ1) is 13.8. The molecule has 1 aliphatic carbocycles. The molecule has 2 aromatic rings. The second-order valence-corrected chi connectivity index (χ2v) is 7.84. The van der Waals surface area contributed by atoms with Crippen molar-refractivity contribution in [3.63, 3.8) is 0 Å². The highest BCUT2D eigenvalue weighted by Crippen LogP contribution is 2.68. The number of anilines is 1. The number of nitrogens with zero attached hydrogens (tertiary/aromatic N) is 2. The van der Waals surface area contributed by atoms with Crippen LogP contribution >= 0.6 is 0 Å². The predicted octanol–water partition coefficient (Wildman–Crippen LogP) is 3.40. The van der Waals surface area contributed by atoms with Gasteiger partial charge in [-0.1, -0.05) is 6.07 Å². The summed E-state index contributed by atoms with van der Waals surface area (Å²) in [5.41, 5.74) is -0.826. The largest absolute Gasteiger partial charge is 0.481 e. The molecular weight excluding hydrogens is 387 g/mol. The Morgan fingerprint density at radius 3 is 2.72 bits per heavy atom. The molecule has 0 radical (unpaired) electrons. The number of methoxy groups -OCH3 is 1. The molecule has 3 aliphatic heterocycles. The molecule has 152 valence electrons. The Hall–Kier alpha value is -2.68. The van der Waals surface area contributed by atoms with Crippen molar-refractivity contribution in [1.82, 2.24) is 9.97 Å². The number of halogens is 3. The van der Waals surface area contributed by atoms with Gasteiger partial charge in [0, 0.05) is 17.7 Å². The van der Waals surface area contributed by atoms with E-state index in [9.17, 15) is 18.0 Å². The van der Waals surface area contributed by atoms with Gasteiger partial charge in [0.25, 0.3) is 0 Å². The Balaban J connectivity index is 1.45. The number of rotatable bonds is 4. The van der Waals surface area contributed by atoms with Gasteiger partial charge in [-0.2, -0.15) is 13.2 Å². The summed E-state index contributed by atoms with van der Waals surface area (Å²) in [6.45, 7) is 0. The topological polar surface area (TPSA) is 73.3 Å². The number of pyridine rings is 2. The van der Waals surface area contributed by atoms with Crippen LogP contribution in [0.2, 0.25) is 0 Å². The Morgan fingerprint density at radius 2 is 2.07 bits per heavy atom. The summed E-state index contributed by atoms with van der Waals surface area (Å²) in [7, 11) is 1.49. The van der Waals surface area contributed by atoms with E-state index in [2.05, 4.69) is 15.3 Å². The zero-order valence-electron chi connectivity index (χ0n) is 15.4. The summed E-state index contributed by atoms with van der Waals surface area (Å²) in [6, 6.07) is 7.11. The van der Waals surface area contributed by atoms with Crippen LogP contribution in [0.5, 0.6) is 5.88 Å². The zero-order chi connectivity index (χ0) is 20.4. The molecule has 1 spiro atoms. The van der Waals surface area contributed by atoms with Gasteiger partial charge in [-0.3, -0.25) is 4.79 Å². The normalized spacial score (nSPS) is 32.0. The van der Waals surface area contributed by atoms with Crippen molar-refractivity contribution in [3.8, 4) is 5.88 Å². The fraction of sp³-hybridized carbons (Fsp3) is 0.450. The number of hydrogen-bond acceptors (Lipinski definition) is 5. The average Bonchev–Trinajstić information content (AvgIpc) is 3.33. The molecule has 1 amide bonds. The zero-order valence-corrected chi connectivity index (χ0v) is 15.4. The fourth-order valence-electron chi connectivity index (χ4n) is 5.07. The molecule has 4 aliphatic rings. The van der Waals surface area contributed by atoms with E-state index in [1.165, 1.54) is 19.4 Å². The molecule has 1 N–H and O–H groups in total. The Morgan fingerprint density at radius 1 is 1.28 bits per heavy atom. The summed E-state index contributed by atoms with van der Waals surface area (Å²) in [6.07, 6.45) is -1.83. The molecule has 3 atom stereocenters. The quantitative estimate of drug-likeness (QED) is 0.844. The lowest BCUT2D eigenvalue weighted by atomic mass is 9.54. The van der Waals surface area contributed by atoms with E-state index in [4.69, 9.17) is 9.47 Å². The second-order valence-electron chi connectivity index (χ2n) is 7.84. The van der Waals surface area contributed by atoms with Crippen LogP contribution in [0.25, 0.3) is 0 Å². The average molecular weight is 405 g/mol. The van der Waals surface area contributed by atoms with E-state index < -0.39 is 29.3 Å². The Bertz CT molecular complexity index is 957. The summed E-state index contributed by atoms with van der Waals surface area (Å²) in [4.78, 5) is 21.1. The van der Waals surface area contributed by atoms with Crippen molar-refractivity contribution in [2.45, 2.75) is 36.6 Å². The van der Waals surface area contributed by atoms with Crippen molar-refractivity contribution < 1.29 is 27.4 Å². The third-order valence-corrected chi connectivity index (χ3v) is 6.23. The third kappa shape index (κ3) is 2.78. The minimum absolute atomic E-state index is 0.254. The smallest absolute Gasteiger partial charge is 0.433 e. The van der Waals surface area contributed by atoms with E-state index in [0.29, 0.717) is 11.6 Å². The van der Waals surface area contributed by atoms with Crippen LogP contribution < -0.4 is 10.1 Å². The van der Waals surface area contributed by atoms with Crippen molar-refractivity contribution >= 4 is 11.6 Å². The number of alkyl halides is 3. The standard InChI is InChI=1S/C20H18F3N3O3/c1-28-14-6-5-11(9-24-14)25-18(27)16-15(17-10-7-19(16,8-10)29-17)12-3-2-4-13(26-12)20(21,22)23/h2-6,9-10,15-17H,7-8H2,1H3,(H,25,27)/t10?,15-,16+,17+,19?/m1/s1. The molecular formula is C20H18F3N3O3. The van der Waals surface area contributed by atoms with Crippen LogP contribution in [-0.4, -0.2) is 34.7 Å². The Labute approximate surface area is 164 Å². The van der Waals surface area contributed by atoms with Crippen molar-refractivity contribution in [2.24, 2.45) is 11.8 Å². The van der Waals surface area contributed by atoms with Crippen LogP contribution in [0.4, 0.5) is 18.9 Å². The van der Waals surface area contributed by atoms with Gasteiger partial charge in [0.1, 0.15) is 5.69 Å². The van der Waals surface area contributed by atoms with Crippen molar-refractivity contribution in [2.75, 3.05) is 12.4 Å². The highest BCUT2D eigenvalue weighted by molar-refractivity contribution is 5.94. The molecule has 2 aromatic heterocycles. The number of aromatic nitrogens is 2. The number of carbonyl (C=O) groups is 1. The number of nitrogens with one attached hydrogen (secondary N) is 1. The molecule has 3 saturated heterocycles. The highest BCUT2D eigenvalue weighted by Gasteiger charge is 2.73.